The molecule has 0 aromatic heterocycles. The maximum atomic E-state index is 12.9. The molecule has 0 radical (unpaired) electrons. The molecular formula is C24H32N2O4. The van der Waals surface area contributed by atoms with Crippen molar-refractivity contribution in [3.63, 3.8) is 0 Å². The fraction of sp³-hybridized carbons (Fsp3) is 0.625. The lowest BCUT2D eigenvalue weighted by molar-refractivity contribution is -0.154. The normalized spacial score (nSPS) is 28.8. The summed E-state index contributed by atoms with van der Waals surface area (Å²) in [5.41, 5.74) is 0.751. The van der Waals surface area contributed by atoms with E-state index in [4.69, 9.17) is 4.74 Å². The third kappa shape index (κ3) is 4.52. The van der Waals surface area contributed by atoms with E-state index in [2.05, 4.69) is 5.32 Å². The molecule has 4 fully saturated rings. The molecule has 6 heteroatoms. The van der Waals surface area contributed by atoms with Gasteiger partial charge in [-0.15, -0.1) is 0 Å². The van der Waals surface area contributed by atoms with Gasteiger partial charge in [0.1, 0.15) is 6.54 Å². The lowest BCUT2D eigenvalue weighted by Gasteiger charge is -2.55. The van der Waals surface area contributed by atoms with Crippen molar-refractivity contribution in [3.05, 3.63) is 35.9 Å². The number of rotatable bonds is 8. The Balaban J connectivity index is 1.22. The minimum Gasteiger partial charge on any atom is -0.454 e. The highest BCUT2D eigenvalue weighted by Crippen LogP contribution is 2.60. The standard InChI is InChI=1S/C24H32N2O4/c1-2-26(15-17-6-4-3-5-7-17)21(27)16-30-22(28)14-25-23(29)24-11-18-8-19(12-24)10-20(9-18)13-24/h3-7,18-20H,2,8-16H2,1H3,(H,25,29). The van der Waals surface area contributed by atoms with Crippen molar-refractivity contribution in [1.82, 2.24) is 10.2 Å². The maximum Gasteiger partial charge on any atom is 0.325 e. The van der Waals surface area contributed by atoms with Gasteiger partial charge in [0, 0.05) is 18.5 Å². The van der Waals surface area contributed by atoms with Gasteiger partial charge in [0.2, 0.25) is 5.91 Å². The Hall–Kier alpha value is -2.37. The zero-order valence-electron chi connectivity index (χ0n) is 17.8. The van der Waals surface area contributed by atoms with Gasteiger partial charge >= 0.3 is 5.97 Å². The number of amides is 2. The molecule has 0 heterocycles. The first kappa shape index (κ1) is 20.9. The molecule has 4 aliphatic carbocycles. The molecule has 30 heavy (non-hydrogen) atoms. The molecule has 0 unspecified atom stereocenters. The van der Waals surface area contributed by atoms with Gasteiger partial charge in [-0.25, -0.2) is 0 Å². The summed E-state index contributed by atoms with van der Waals surface area (Å²) in [6.45, 7) is 2.45. The lowest BCUT2D eigenvalue weighted by atomic mass is 9.49. The Labute approximate surface area is 178 Å². The van der Waals surface area contributed by atoms with Crippen LogP contribution in [0.5, 0.6) is 0 Å². The van der Waals surface area contributed by atoms with E-state index in [1.807, 2.05) is 37.3 Å². The Morgan fingerprint density at radius 1 is 1.03 bits per heavy atom. The Morgan fingerprint density at radius 2 is 1.63 bits per heavy atom. The average molecular weight is 413 g/mol. The zero-order chi connectivity index (χ0) is 21.1. The second-order valence-corrected chi connectivity index (χ2v) is 9.43. The lowest BCUT2D eigenvalue weighted by Crippen LogP contribution is -2.54. The second kappa shape index (κ2) is 8.78. The highest BCUT2D eigenvalue weighted by atomic mass is 16.5. The molecule has 1 aromatic rings. The third-order valence-electron chi connectivity index (χ3n) is 7.22. The first-order valence-corrected chi connectivity index (χ1v) is 11.2. The molecule has 1 aromatic carbocycles. The number of carbonyl (C=O) groups excluding carboxylic acids is 3. The van der Waals surface area contributed by atoms with E-state index in [1.54, 1.807) is 4.90 Å². The van der Waals surface area contributed by atoms with E-state index in [0.29, 0.717) is 30.8 Å². The van der Waals surface area contributed by atoms with Crippen LogP contribution in [0, 0.1) is 23.2 Å². The summed E-state index contributed by atoms with van der Waals surface area (Å²) in [6, 6.07) is 9.71. The SMILES string of the molecule is CCN(Cc1ccccc1)C(=O)COC(=O)CNC(=O)C12CC3CC(CC(C3)C1)C2. The quantitative estimate of drug-likeness (QED) is 0.666. The summed E-state index contributed by atoms with van der Waals surface area (Å²) >= 11 is 0. The van der Waals surface area contributed by atoms with Gasteiger partial charge in [0.25, 0.3) is 5.91 Å². The number of benzene rings is 1. The molecule has 6 nitrogen and oxygen atoms in total. The van der Waals surface area contributed by atoms with Crippen molar-refractivity contribution in [2.24, 2.45) is 23.2 Å². The van der Waals surface area contributed by atoms with E-state index in [0.717, 1.165) is 24.8 Å². The van der Waals surface area contributed by atoms with Crippen molar-refractivity contribution in [3.8, 4) is 0 Å². The average Bonchev–Trinajstić information content (AvgIpc) is 2.73. The first-order valence-electron chi connectivity index (χ1n) is 11.2. The molecule has 1 N–H and O–H groups in total. The number of hydrogen-bond donors (Lipinski definition) is 1. The van der Waals surface area contributed by atoms with Gasteiger partial charge in [0.15, 0.2) is 6.61 Å². The van der Waals surface area contributed by atoms with E-state index < -0.39 is 5.97 Å². The minimum atomic E-state index is -0.558. The summed E-state index contributed by atoms with van der Waals surface area (Å²) in [7, 11) is 0. The molecule has 2 amide bonds. The number of ether oxygens (including phenoxy) is 1. The van der Waals surface area contributed by atoms with Crippen LogP contribution in [0.25, 0.3) is 0 Å². The van der Waals surface area contributed by atoms with Crippen molar-refractivity contribution < 1.29 is 19.1 Å². The summed E-state index contributed by atoms with van der Waals surface area (Å²) in [5.74, 6) is 1.24. The topological polar surface area (TPSA) is 75.7 Å². The Kier molecular flexibility index (Phi) is 6.11. The van der Waals surface area contributed by atoms with E-state index >= 15 is 0 Å². The van der Waals surface area contributed by atoms with Crippen LogP contribution < -0.4 is 5.32 Å². The second-order valence-electron chi connectivity index (χ2n) is 9.43. The summed E-state index contributed by atoms with van der Waals surface area (Å²) < 4.78 is 5.15. The highest BCUT2D eigenvalue weighted by Gasteiger charge is 2.54. The molecule has 4 aliphatic rings. The van der Waals surface area contributed by atoms with Crippen LogP contribution in [0.4, 0.5) is 0 Å². The molecule has 5 rings (SSSR count). The van der Waals surface area contributed by atoms with E-state index in [1.165, 1.54) is 19.3 Å². The smallest absolute Gasteiger partial charge is 0.325 e. The van der Waals surface area contributed by atoms with Gasteiger partial charge < -0.3 is 15.0 Å². The predicted molar refractivity (Wildman–Crippen MR) is 112 cm³/mol. The van der Waals surface area contributed by atoms with Gasteiger partial charge in [-0.05, 0) is 68.8 Å². The van der Waals surface area contributed by atoms with Crippen molar-refractivity contribution >= 4 is 17.8 Å². The molecule has 0 aliphatic heterocycles. The number of carbonyl (C=O) groups is 3. The number of nitrogens with zero attached hydrogens (tertiary/aromatic N) is 1. The summed E-state index contributed by atoms with van der Waals surface area (Å²) in [6.07, 6.45) is 6.70. The molecule has 0 spiro atoms. The first-order chi connectivity index (χ1) is 14.5. The highest BCUT2D eigenvalue weighted by molar-refractivity contribution is 5.87. The number of esters is 1. The minimum absolute atomic E-state index is 0.00383. The molecular weight excluding hydrogens is 380 g/mol. The predicted octanol–water partition coefficient (Wildman–Crippen LogP) is 2.91. The molecule has 4 bridgehead atoms. The van der Waals surface area contributed by atoms with Crippen LogP contribution in [0.2, 0.25) is 0 Å². The number of likely N-dealkylation sites (N-methyl/N-ethyl adjacent to an activating group) is 1. The number of nitrogens with one attached hydrogen (secondary N) is 1. The van der Waals surface area contributed by atoms with Gasteiger partial charge in [-0.1, -0.05) is 30.3 Å². The van der Waals surface area contributed by atoms with Crippen molar-refractivity contribution in [2.45, 2.75) is 52.0 Å². The fourth-order valence-electron chi connectivity index (χ4n) is 6.19. The monoisotopic (exact) mass is 412 g/mol. The van der Waals surface area contributed by atoms with Crippen molar-refractivity contribution in [1.29, 1.82) is 0 Å². The molecule has 0 atom stereocenters. The number of hydrogen-bond acceptors (Lipinski definition) is 4. The molecule has 0 saturated heterocycles. The molecule has 162 valence electrons. The third-order valence-corrected chi connectivity index (χ3v) is 7.22. The maximum absolute atomic E-state index is 12.9. The largest absolute Gasteiger partial charge is 0.454 e. The Morgan fingerprint density at radius 3 is 2.20 bits per heavy atom. The van der Waals surface area contributed by atoms with E-state index in [9.17, 15) is 14.4 Å². The van der Waals surface area contributed by atoms with Gasteiger partial charge in [-0.3, -0.25) is 14.4 Å². The van der Waals surface area contributed by atoms with Crippen LogP contribution in [0.3, 0.4) is 0 Å². The van der Waals surface area contributed by atoms with Crippen molar-refractivity contribution in [2.75, 3.05) is 19.7 Å². The van der Waals surface area contributed by atoms with Gasteiger partial charge in [-0.2, -0.15) is 0 Å². The summed E-state index contributed by atoms with van der Waals surface area (Å²) in [4.78, 5) is 39.1. The van der Waals surface area contributed by atoms with Crippen LogP contribution in [0.15, 0.2) is 30.3 Å². The van der Waals surface area contributed by atoms with Crippen LogP contribution >= 0.6 is 0 Å². The Bertz CT molecular complexity index is 756. The van der Waals surface area contributed by atoms with E-state index in [-0.39, 0.29) is 30.4 Å². The molecule has 4 saturated carbocycles. The zero-order valence-corrected chi connectivity index (χ0v) is 17.8. The van der Waals surface area contributed by atoms with Crippen LogP contribution in [-0.4, -0.2) is 42.4 Å². The van der Waals surface area contributed by atoms with Gasteiger partial charge in [0.05, 0.1) is 0 Å². The summed E-state index contributed by atoms with van der Waals surface area (Å²) in [5, 5.41) is 2.81. The fourth-order valence-corrected chi connectivity index (χ4v) is 6.19. The van der Waals surface area contributed by atoms with Crippen LogP contribution in [-0.2, 0) is 25.7 Å². The van der Waals surface area contributed by atoms with Crippen LogP contribution in [0.1, 0.15) is 51.0 Å².